The second-order valence-corrected chi connectivity index (χ2v) is 5.90. The Morgan fingerprint density at radius 2 is 1.95 bits per heavy atom. The molecule has 0 radical (unpaired) electrons. The van der Waals surface area contributed by atoms with E-state index in [0.29, 0.717) is 17.0 Å². The van der Waals surface area contributed by atoms with Gasteiger partial charge in [-0.15, -0.1) is 0 Å². The number of halogens is 2. The maximum Gasteiger partial charge on any atom is 0.335 e. The predicted molar refractivity (Wildman–Crippen MR) is 81.8 cm³/mol. The van der Waals surface area contributed by atoms with Crippen LogP contribution in [0.5, 0.6) is 0 Å². The highest BCUT2D eigenvalue weighted by Crippen LogP contribution is 2.32. The Balaban J connectivity index is 2.17. The summed E-state index contributed by atoms with van der Waals surface area (Å²) in [5.74, 6) is -0.552. The Labute approximate surface area is 130 Å². The fraction of sp³-hybridized carbons (Fsp3) is 0. The van der Waals surface area contributed by atoms with E-state index in [1.54, 1.807) is 6.07 Å². The molecular weight excluding hydrogens is 390 g/mol. The molecule has 20 heavy (non-hydrogen) atoms. The third-order valence-electron chi connectivity index (χ3n) is 2.79. The molecule has 0 fully saturated rings. The molecule has 0 unspecified atom stereocenters. The van der Waals surface area contributed by atoms with Crippen LogP contribution in [0.25, 0.3) is 22.6 Å². The molecule has 2 aromatic carbocycles. The topological polar surface area (TPSA) is 63.3 Å². The molecule has 0 spiro atoms. The average Bonchev–Trinajstić information content (AvgIpc) is 2.83. The summed E-state index contributed by atoms with van der Waals surface area (Å²) in [6.45, 7) is 0. The molecule has 1 aromatic heterocycles. The predicted octanol–water partition coefficient (Wildman–Crippen LogP) is 4.72. The fourth-order valence-electron chi connectivity index (χ4n) is 1.83. The van der Waals surface area contributed by atoms with Crippen LogP contribution in [0.4, 0.5) is 0 Å². The molecule has 0 atom stereocenters. The first-order chi connectivity index (χ1) is 9.54. The summed E-state index contributed by atoms with van der Waals surface area (Å²) < 4.78 is 7.41. The number of rotatable bonds is 2. The number of carboxylic acid groups (broad SMARTS) is 1. The summed E-state index contributed by atoms with van der Waals surface area (Å²) in [4.78, 5) is 15.3. The van der Waals surface area contributed by atoms with Gasteiger partial charge in [0.2, 0.25) is 5.89 Å². The van der Waals surface area contributed by atoms with Gasteiger partial charge in [0.25, 0.3) is 0 Å². The number of oxazole rings is 1. The lowest BCUT2D eigenvalue weighted by Gasteiger charge is -1.99. The van der Waals surface area contributed by atoms with Crippen LogP contribution < -0.4 is 0 Å². The molecule has 0 aliphatic carbocycles. The van der Waals surface area contributed by atoms with Gasteiger partial charge < -0.3 is 9.52 Å². The number of nitrogens with zero attached hydrogens (tertiary/aromatic N) is 1. The quantitative estimate of drug-likeness (QED) is 0.680. The summed E-state index contributed by atoms with van der Waals surface area (Å²) in [5, 5.41) is 8.97. The van der Waals surface area contributed by atoms with E-state index in [1.165, 1.54) is 12.1 Å². The molecule has 3 rings (SSSR count). The zero-order chi connectivity index (χ0) is 14.3. The van der Waals surface area contributed by atoms with Gasteiger partial charge >= 0.3 is 5.97 Å². The zero-order valence-corrected chi connectivity index (χ0v) is 13.1. The molecule has 6 heteroatoms. The van der Waals surface area contributed by atoms with Crippen molar-refractivity contribution in [2.75, 3.05) is 0 Å². The van der Waals surface area contributed by atoms with Gasteiger partial charge in [-0.05, 0) is 52.3 Å². The van der Waals surface area contributed by atoms with Crippen LogP contribution in [-0.2, 0) is 0 Å². The Bertz CT molecular complexity index is 826. The molecule has 0 bridgehead atoms. The third-order valence-corrected chi connectivity index (χ3v) is 3.98. The smallest absolute Gasteiger partial charge is 0.335 e. The largest absolute Gasteiger partial charge is 0.478 e. The molecule has 4 nitrogen and oxygen atoms in total. The SMILES string of the molecule is O=C(O)c1ccc2nc(-c3cc(Br)ccc3Br)oc2c1. The van der Waals surface area contributed by atoms with Crippen molar-refractivity contribution in [3.05, 3.63) is 50.9 Å². The number of hydrogen-bond acceptors (Lipinski definition) is 3. The highest BCUT2D eigenvalue weighted by atomic mass is 79.9. The molecule has 100 valence electrons. The standard InChI is InChI=1S/C14H7Br2NO3/c15-8-2-3-10(16)9(6-8)13-17-11-4-1-7(14(18)19)5-12(11)20-13/h1-6H,(H,18,19). The molecule has 0 aliphatic rings. The van der Waals surface area contributed by atoms with Crippen molar-refractivity contribution >= 4 is 48.9 Å². The van der Waals surface area contributed by atoms with E-state index in [1.807, 2.05) is 18.2 Å². The van der Waals surface area contributed by atoms with Crippen molar-refractivity contribution in [3.8, 4) is 11.5 Å². The van der Waals surface area contributed by atoms with Gasteiger partial charge in [0.05, 0.1) is 11.1 Å². The number of benzene rings is 2. The first kappa shape index (κ1) is 13.3. The first-order valence-corrected chi connectivity index (χ1v) is 7.22. The van der Waals surface area contributed by atoms with Crippen molar-refractivity contribution in [3.63, 3.8) is 0 Å². The van der Waals surface area contributed by atoms with E-state index in [-0.39, 0.29) is 5.56 Å². The van der Waals surface area contributed by atoms with E-state index < -0.39 is 5.97 Å². The number of hydrogen-bond donors (Lipinski definition) is 1. The van der Waals surface area contributed by atoms with Crippen LogP contribution in [0.1, 0.15) is 10.4 Å². The summed E-state index contributed by atoms with van der Waals surface area (Å²) in [7, 11) is 0. The highest BCUT2D eigenvalue weighted by Gasteiger charge is 2.13. The lowest BCUT2D eigenvalue weighted by atomic mass is 10.2. The molecule has 0 aliphatic heterocycles. The van der Waals surface area contributed by atoms with Crippen LogP contribution in [0.15, 0.2) is 49.8 Å². The molecule has 0 amide bonds. The van der Waals surface area contributed by atoms with E-state index in [4.69, 9.17) is 9.52 Å². The monoisotopic (exact) mass is 395 g/mol. The van der Waals surface area contributed by atoms with Crippen molar-refractivity contribution in [2.45, 2.75) is 0 Å². The van der Waals surface area contributed by atoms with Crippen molar-refractivity contribution in [1.29, 1.82) is 0 Å². The maximum atomic E-state index is 10.9. The van der Waals surface area contributed by atoms with Gasteiger partial charge in [-0.25, -0.2) is 9.78 Å². The second-order valence-electron chi connectivity index (χ2n) is 4.13. The van der Waals surface area contributed by atoms with Gasteiger partial charge in [-0.2, -0.15) is 0 Å². The van der Waals surface area contributed by atoms with E-state index >= 15 is 0 Å². The number of fused-ring (bicyclic) bond motifs is 1. The van der Waals surface area contributed by atoms with E-state index in [9.17, 15) is 4.79 Å². The van der Waals surface area contributed by atoms with E-state index in [0.717, 1.165) is 14.5 Å². The van der Waals surface area contributed by atoms with Crippen molar-refractivity contribution in [1.82, 2.24) is 4.98 Å². The van der Waals surface area contributed by atoms with Gasteiger partial charge in [0.15, 0.2) is 5.58 Å². The minimum absolute atomic E-state index is 0.175. The normalized spacial score (nSPS) is 10.9. The minimum Gasteiger partial charge on any atom is -0.478 e. The molecule has 1 N–H and O–H groups in total. The molecule has 0 saturated heterocycles. The van der Waals surface area contributed by atoms with Crippen LogP contribution in [-0.4, -0.2) is 16.1 Å². The van der Waals surface area contributed by atoms with Crippen molar-refractivity contribution in [2.24, 2.45) is 0 Å². The maximum absolute atomic E-state index is 10.9. The van der Waals surface area contributed by atoms with Gasteiger partial charge in [-0.3, -0.25) is 0 Å². The number of aromatic nitrogens is 1. The molecule has 1 heterocycles. The van der Waals surface area contributed by atoms with Crippen LogP contribution in [0.2, 0.25) is 0 Å². The second kappa shape index (κ2) is 5.03. The minimum atomic E-state index is -0.992. The van der Waals surface area contributed by atoms with Crippen LogP contribution in [0.3, 0.4) is 0 Å². The van der Waals surface area contributed by atoms with Crippen LogP contribution >= 0.6 is 31.9 Å². The summed E-state index contributed by atoms with van der Waals surface area (Å²) >= 11 is 6.85. The zero-order valence-electron chi connectivity index (χ0n) is 9.93. The summed E-state index contributed by atoms with van der Waals surface area (Å²) in [5.41, 5.74) is 2.05. The van der Waals surface area contributed by atoms with Crippen LogP contribution in [0, 0.1) is 0 Å². The Kier molecular flexibility index (Phi) is 3.35. The van der Waals surface area contributed by atoms with Crippen molar-refractivity contribution < 1.29 is 14.3 Å². The fourth-order valence-corrected chi connectivity index (χ4v) is 2.61. The number of carbonyl (C=O) groups is 1. The lowest BCUT2D eigenvalue weighted by Crippen LogP contribution is -1.94. The number of carboxylic acids is 1. The first-order valence-electron chi connectivity index (χ1n) is 5.64. The Hall–Kier alpha value is -1.66. The molecular formula is C14H7Br2NO3. The highest BCUT2D eigenvalue weighted by molar-refractivity contribution is 9.11. The number of aromatic carboxylic acids is 1. The summed E-state index contributed by atoms with van der Waals surface area (Å²) in [6.07, 6.45) is 0. The molecule has 0 saturated carbocycles. The average molecular weight is 397 g/mol. The lowest BCUT2D eigenvalue weighted by molar-refractivity contribution is 0.0697. The third kappa shape index (κ3) is 2.36. The molecule has 3 aromatic rings. The van der Waals surface area contributed by atoms with E-state index in [2.05, 4.69) is 36.8 Å². The summed E-state index contributed by atoms with van der Waals surface area (Å²) in [6, 6.07) is 10.3. The Morgan fingerprint density at radius 3 is 2.70 bits per heavy atom. The van der Waals surface area contributed by atoms with Gasteiger partial charge in [0, 0.05) is 8.95 Å². The van der Waals surface area contributed by atoms with Gasteiger partial charge in [0.1, 0.15) is 5.52 Å². The Morgan fingerprint density at radius 1 is 1.15 bits per heavy atom. The van der Waals surface area contributed by atoms with Gasteiger partial charge in [-0.1, -0.05) is 15.9 Å².